The van der Waals surface area contributed by atoms with Crippen LogP contribution < -0.4 is 0 Å². The van der Waals surface area contributed by atoms with Gasteiger partial charge in [-0.05, 0) is 31.1 Å². The van der Waals surface area contributed by atoms with Crippen molar-refractivity contribution in [1.82, 2.24) is 0 Å². The molecular formula is C11H18O3. The van der Waals surface area contributed by atoms with Crippen LogP contribution in [0.15, 0.2) is 0 Å². The van der Waals surface area contributed by atoms with Gasteiger partial charge in [0.25, 0.3) is 0 Å². The summed E-state index contributed by atoms with van der Waals surface area (Å²) < 4.78 is 0. The van der Waals surface area contributed by atoms with Crippen LogP contribution in [0.5, 0.6) is 0 Å². The molecule has 0 unspecified atom stereocenters. The molecule has 0 amide bonds. The topological polar surface area (TPSA) is 57.5 Å². The molecule has 0 saturated heterocycles. The monoisotopic (exact) mass is 198 g/mol. The number of aliphatic hydroxyl groups excluding tert-OH is 1. The summed E-state index contributed by atoms with van der Waals surface area (Å²) >= 11 is 0. The molecule has 2 N–H and O–H groups in total. The fourth-order valence-electron chi connectivity index (χ4n) is 3.18. The number of aliphatic carboxylic acids is 1. The third-order valence-electron chi connectivity index (χ3n) is 3.98. The summed E-state index contributed by atoms with van der Waals surface area (Å²) in [4.78, 5) is 10.9. The minimum absolute atomic E-state index is 0.263. The molecule has 0 spiro atoms. The lowest BCUT2D eigenvalue weighted by Gasteiger charge is -2.41. The first-order valence-electron chi connectivity index (χ1n) is 5.61. The van der Waals surface area contributed by atoms with E-state index in [0.29, 0.717) is 12.3 Å². The molecule has 4 atom stereocenters. The first-order chi connectivity index (χ1) is 6.70. The highest BCUT2D eigenvalue weighted by Gasteiger charge is 2.42. The van der Waals surface area contributed by atoms with Crippen LogP contribution >= 0.6 is 0 Å². The highest BCUT2D eigenvalue weighted by Crippen LogP contribution is 2.42. The molecule has 0 heterocycles. The lowest BCUT2D eigenvalue weighted by molar-refractivity contribution is -0.152. The third-order valence-corrected chi connectivity index (χ3v) is 3.98. The van der Waals surface area contributed by atoms with E-state index < -0.39 is 18.0 Å². The Balaban J connectivity index is 2.06. The molecule has 2 aliphatic rings. The standard InChI is InChI=1S/C11H18O3/c12-10-8-4-2-1-3-7(8)5-6-9(10)11(13)14/h7-10,12H,1-6H2,(H,13,14)/t7-,8-,9+,10-/m0/s1. The maximum atomic E-state index is 10.9. The van der Waals surface area contributed by atoms with Crippen LogP contribution in [0.4, 0.5) is 0 Å². The van der Waals surface area contributed by atoms with Crippen LogP contribution in [0.1, 0.15) is 38.5 Å². The fourth-order valence-corrected chi connectivity index (χ4v) is 3.18. The van der Waals surface area contributed by atoms with Gasteiger partial charge in [0, 0.05) is 0 Å². The van der Waals surface area contributed by atoms with Crippen LogP contribution in [0.2, 0.25) is 0 Å². The predicted molar refractivity (Wildman–Crippen MR) is 51.8 cm³/mol. The number of carboxylic acid groups (broad SMARTS) is 1. The van der Waals surface area contributed by atoms with E-state index in [2.05, 4.69) is 0 Å². The van der Waals surface area contributed by atoms with E-state index in [1.54, 1.807) is 0 Å². The molecule has 0 aromatic heterocycles. The van der Waals surface area contributed by atoms with Crippen molar-refractivity contribution in [2.45, 2.75) is 44.6 Å². The molecule has 2 fully saturated rings. The maximum Gasteiger partial charge on any atom is 0.309 e. The molecule has 0 radical (unpaired) electrons. The first-order valence-corrected chi connectivity index (χ1v) is 5.61. The molecule has 3 nitrogen and oxygen atoms in total. The minimum atomic E-state index is -0.818. The molecule has 0 aliphatic heterocycles. The van der Waals surface area contributed by atoms with Crippen molar-refractivity contribution < 1.29 is 15.0 Å². The number of carboxylic acids is 1. The summed E-state index contributed by atoms with van der Waals surface area (Å²) in [6.07, 6.45) is 5.70. The van der Waals surface area contributed by atoms with Crippen molar-refractivity contribution in [2.24, 2.45) is 17.8 Å². The van der Waals surface area contributed by atoms with E-state index in [9.17, 15) is 9.90 Å². The number of hydrogen-bond acceptors (Lipinski definition) is 2. The van der Waals surface area contributed by atoms with Crippen molar-refractivity contribution in [3.63, 3.8) is 0 Å². The van der Waals surface area contributed by atoms with E-state index in [-0.39, 0.29) is 5.92 Å². The van der Waals surface area contributed by atoms with Crippen molar-refractivity contribution in [1.29, 1.82) is 0 Å². The van der Waals surface area contributed by atoms with Crippen molar-refractivity contribution >= 4 is 5.97 Å². The number of rotatable bonds is 1. The molecule has 0 aromatic carbocycles. The fraction of sp³-hybridized carbons (Fsp3) is 0.909. The Kier molecular flexibility index (Phi) is 2.77. The second kappa shape index (κ2) is 3.89. The van der Waals surface area contributed by atoms with Gasteiger partial charge in [-0.25, -0.2) is 0 Å². The molecule has 0 aromatic rings. The Bertz CT molecular complexity index is 227. The van der Waals surface area contributed by atoms with E-state index in [1.807, 2.05) is 0 Å². The van der Waals surface area contributed by atoms with Crippen LogP contribution in [0, 0.1) is 17.8 Å². The van der Waals surface area contributed by atoms with Crippen LogP contribution in [0.3, 0.4) is 0 Å². The second-order valence-electron chi connectivity index (χ2n) is 4.72. The zero-order chi connectivity index (χ0) is 10.1. The Morgan fingerprint density at radius 3 is 2.50 bits per heavy atom. The number of fused-ring (bicyclic) bond motifs is 1. The lowest BCUT2D eigenvalue weighted by Crippen LogP contribution is -2.43. The van der Waals surface area contributed by atoms with E-state index >= 15 is 0 Å². The maximum absolute atomic E-state index is 10.9. The smallest absolute Gasteiger partial charge is 0.309 e. The molecule has 2 rings (SSSR count). The van der Waals surface area contributed by atoms with Gasteiger partial charge in [-0.15, -0.1) is 0 Å². The first kappa shape index (κ1) is 9.97. The molecule has 3 heteroatoms. The average Bonchev–Trinajstić information content (AvgIpc) is 2.18. The average molecular weight is 198 g/mol. The summed E-state index contributed by atoms with van der Waals surface area (Å²) in [6.45, 7) is 0. The summed E-state index contributed by atoms with van der Waals surface area (Å²) in [7, 11) is 0. The lowest BCUT2D eigenvalue weighted by atomic mass is 9.66. The normalized spacial score (nSPS) is 42.9. The van der Waals surface area contributed by atoms with Gasteiger partial charge in [0.1, 0.15) is 0 Å². The van der Waals surface area contributed by atoms with E-state index in [4.69, 9.17) is 5.11 Å². The third kappa shape index (κ3) is 1.65. The highest BCUT2D eigenvalue weighted by molar-refractivity contribution is 5.70. The van der Waals surface area contributed by atoms with Gasteiger partial charge in [0.05, 0.1) is 12.0 Å². The zero-order valence-electron chi connectivity index (χ0n) is 8.35. The van der Waals surface area contributed by atoms with Crippen molar-refractivity contribution in [3.8, 4) is 0 Å². The number of carbonyl (C=O) groups is 1. The van der Waals surface area contributed by atoms with Gasteiger partial charge in [0.2, 0.25) is 0 Å². The molecule has 2 saturated carbocycles. The highest BCUT2D eigenvalue weighted by atomic mass is 16.4. The number of aliphatic hydroxyl groups is 1. The Labute approximate surface area is 84.1 Å². The van der Waals surface area contributed by atoms with Gasteiger partial charge < -0.3 is 10.2 Å². The molecular weight excluding hydrogens is 180 g/mol. The quantitative estimate of drug-likeness (QED) is 0.673. The summed E-state index contributed by atoms with van der Waals surface area (Å²) in [6, 6.07) is 0. The minimum Gasteiger partial charge on any atom is -0.481 e. The molecule has 2 aliphatic carbocycles. The number of hydrogen-bond donors (Lipinski definition) is 2. The van der Waals surface area contributed by atoms with Gasteiger partial charge in [-0.3, -0.25) is 4.79 Å². The van der Waals surface area contributed by atoms with Crippen molar-refractivity contribution in [3.05, 3.63) is 0 Å². The van der Waals surface area contributed by atoms with Crippen LogP contribution in [0.25, 0.3) is 0 Å². The molecule has 14 heavy (non-hydrogen) atoms. The summed E-state index contributed by atoms with van der Waals surface area (Å²) in [5.41, 5.74) is 0. The van der Waals surface area contributed by atoms with E-state index in [1.165, 1.54) is 12.8 Å². The molecule has 0 bridgehead atoms. The Morgan fingerprint density at radius 2 is 1.79 bits per heavy atom. The van der Waals surface area contributed by atoms with Gasteiger partial charge in [-0.1, -0.05) is 19.3 Å². The summed E-state index contributed by atoms with van der Waals surface area (Å²) in [5.74, 6) is -0.469. The van der Waals surface area contributed by atoms with Gasteiger partial charge in [0.15, 0.2) is 0 Å². The Morgan fingerprint density at radius 1 is 1.07 bits per heavy atom. The van der Waals surface area contributed by atoms with E-state index in [0.717, 1.165) is 19.3 Å². The largest absolute Gasteiger partial charge is 0.481 e. The molecule has 80 valence electrons. The van der Waals surface area contributed by atoms with Gasteiger partial charge in [-0.2, -0.15) is 0 Å². The van der Waals surface area contributed by atoms with Crippen LogP contribution in [-0.4, -0.2) is 22.3 Å². The van der Waals surface area contributed by atoms with Crippen molar-refractivity contribution in [2.75, 3.05) is 0 Å². The Hall–Kier alpha value is -0.570. The van der Waals surface area contributed by atoms with Crippen LogP contribution in [-0.2, 0) is 4.79 Å². The van der Waals surface area contributed by atoms with Gasteiger partial charge >= 0.3 is 5.97 Å². The zero-order valence-corrected chi connectivity index (χ0v) is 8.35. The second-order valence-corrected chi connectivity index (χ2v) is 4.72. The predicted octanol–water partition coefficient (Wildman–Crippen LogP) is 1.65. The summed E-state index contributed by atoms with van der Waals surface area (Å²) in [5, 5.41) is 18.9. The SMILES string of the molecule is O=C(O)[C@@H]1CC[C@@H]2CCCC[C@@H]2[C@@H]1O.